The second-order valence-corrected chi connectivity index (χ2v) is 6.43. The van der Waals surface area contributed by atoms with Crippen LogP contribution in [0.1, 0.15) is 46.5 Å². The van der Waals surface area contributed by atoms with Crippen LogP contribution in [0, 0.1) is 0 Å². The summed E-state index contributed by atoms with van der Waals surface area (Å²) >= 11 is 2.40. The van der Waals surface area contributed by atoms with E-state index in [1.807, 2.05) is 20.8 Å². The Hall–Kier alpha value is 0.120. The number of hydrogen-bond acceptors (Lipinski definition) is 4. The number of rotatable bonds is 11. The lowest BCUT2D eigenvalue weighted by Crippen LogP contribution is -2.27. The van der Waals surface area contributed by atoms with E-state index in [4.69, 9.17) is 14.2 Å². The van der Waals surface area contributed by atoms with Crippen molar-refractivity contribution >= 4 is 28.6 Å². The summed E-state index contributed by atoms with van der Waals surface area (Å²) in [5.74, 6) is -0.328. The van der Waals surface area contributed by atoms with Gasteiger partial charge in [-0.05, 0) is 38.0 Å². The molecule has 0 N–H and O–H groups in total. The predicted octanol–water partition coefficient (Wildman–Crippen LogP) is 3.36. The lowest BCUT2D eigenvalue weighted by Gasteiger charge is -2.19. The van der Waals surface area contributed by atoms with Crippen LogP contribution in [0.15, 0.2) is 0 Å². The summed E-state index contributed by atoms with van der Waals surface area (Å²) in [4.78, 5) is 11.3. The van der Waals surface area contributed by atoms with Crippen LogP contribution < -0.4 is 0 Å². The first-order chi connectivity index (χ1) is 8.95. The van der Waals surface area contributed by atoms with E-state index in [0.717, 1.165) is 13.0 Å². The third-order valence-corrected chi connectivity index (χ3v) is 2.95. The van der Waals surface area contributed by atoms with Crippen LogP contribution in [-0.2, 0) is 19.0 Å². The van der Waals surface area contributed by atoms with Crippen LogP contribution in [0.3, 0.4) is 0 Å². The smallest absolute Gasteiger partial charge is 0.332 e. The molecule has 5 heteroatoms. The zero-order valence-corrected chi connectivity index (χ0v) is 14.5. The van der Waals surface area contributed by atoms with E-state index in [9.17, 15) is 4.79 Å². The molecule has 0 spiro atoms. The van der Waals surface area contributed by atoms with E-state index in [2.05, 4.69) is 22.6 Å². The third-order valence-electron chi connectivity index (χ3n) is 2.18. The maximum atomic E-state index is 11.3. The van der Waals surface area contributed by atoms with Gasteiger partial charge in [0.15, 0.2) is 0 Å². The predicted molar refractivity (Wildman–Crippen MR) is 84.8 cm³/mol. The van der Waals surface area contributed by atoms with E-state index in [0.29, 0.717) is 13.2 Å². The normalized spacial score (nSPS) is 11.6. The summed E-state index contributed by atoms with van der Waals surface area (Å²) in [6.07, 6.45) is 4.89. The van der Waals surface area contributed by atoms with Gasteiger partial charge in [0.25, 0.3) is 0 Å². The first-order valence-electron chi connectivity index (χ1n) is 6.89. The number of alkyl halides is 1. The fourth-order valence-electron chi connectivity index (χ4n) is 1.40. The number of esters is 1. The van der Waals surface area contributed by atoms with Gasteiger partial charge in [0.05, 0.1) is 13.2 Å². The molecule has 0 aromatic heterocycles. The second kappa shape index (κ2) is 11.9. The minimum Gasteiger partial charge on any atom is -0.458 e. The minimum absolute atomic E-state index is 0.00368. The molecule has 0 aliphatic carbocycles. The van der Waals surface area contributed by atoms with E-state index in [-0.39, 0.29) is 12.6 Å². The summed E-state index contributed by atoms with van der Waals surface area (Å²) < 4.78 is 17.0. The van der Waals surface area contributed by atoms with Crippen LogP contribution >= 0.6 is 22.6 Å². The van der Waals surface area contributed by atoms with Gasteiger partial charge < -0.3 is 14.2 Å². The molecule has 0 fully saturated rings. The van der Waals surface area contributed by atoms with Crippen molar-refractivity contribution in [3.8, 4) is 0 Å². The van der Waals surface area contributed by atoms with Crippen LogP contribution in [0.4, 0.5) is 0 Å². The molecule has 0 unspecified atom stereocenters. The van der Waals surface area contributed by atoms with Crippen LogP contribution in [0.5, 0.6) is 0 Å². The highest BCUT2D eigenvalue weighted by Crippen LogP contribution is 2.06. The van der Waals surface area contributed by atoms with Crippen molar-refractivity contribution < 1.29 is 19.0 Å². The maximum absolute atomic E-state index is 11.3. The molecule has 0 aliphatic heterocycles. The topological polar surface area (TPSA) is 44.8 Å². The molecule has 0 aromatic carbocycles. The van der Waals surface area contributed by atoms with Gasteiger partial charge in [0, 0.05) is 6.61 Å². The number of hydrogen-bond donors (Lipinski definition) is 0. The largest absolute Gasteiger partial charge is 0.458 e. The number of ether oxygens (including phenoxy) is 3. The Morgan fingerprint density at radius 3 is 2.21 bits per heavy atom. The lowest BCUT2D eigenvalue weighted by atomic mass is 10.2. The molecule has 0 radical (unpaired) electrons. The molecule has 0 aromatic rings. The quantitative estimate of drug-likeness (QED) is 0.236. The van der Waals surface area contributed by atoms with E-state index >= 15 is 0 Å². The summed E-state index contributed by atoms with van der Waals surface area (Å²) in [7, 11) is 0. The number of unbranched alkanes of at least 4 members (excludes halogenated alkanes) is 3. The number of carbonyl (C=O) groups is 1. The molecule has 0 bridgehead atoms. The lowest BCUT2D eigenvalue weighted by molar-refractivity contribution is -0.160. The van der Waals surface area contributed by atoms with Crippen molar-refractivity contribution in [2.45, 2.75) is 52.1 Å². The third kappa shape index (κ3) is 16.1. The molecule has 0 heterocycles. The van der Waals surface area contributed by atoms with Gasteiger partial charge in [-0.25, -0.2) is 4.79 Å². The summed E-state index contributed by atoms with van der Waals surface area (Å²) in [6, 6.07) is 0. The van der Waals surface area contributed by atoms with Gasteiger partial charge in [-0.1, -0.05) is 35.4 Å². The van der Waals surface area contributed by atoms with Crippen LogP contribution in [0.25, 0.3) is 0 Å². The zero-order chi connectivity index (χ0) is 14.6. The monoisotopic (exact) mass is 386 g/mol. The second-order valence-electron chi connectivity index (χ2n) is 5.35. The average Bonchev–Trinajstić information content (AvgIpc) is 2.29. The summed E-state index contributed by atoms with van der Waals surface area (Å²) in [6.45, 7) is 7.26. The van der Waals surface area contributed by atoms with Gasteiger partial charge >= 0.3 is 5.97 Å². The Bertz CT molecular complexity index is 226. The number of halogens is 1. The standard InChI is InChI=1S/C14H27IO4/c1-14(2,3)19-13(16)12-18-11-10-17-9-7-5-4-6-8-15/h4-12H2,1-3H3. The molecule has 0 atom stereocenters. The van der Waals surface area contributed by atoms with E-state index in [1.165, 1.54) is 23.7 Å². The Labute approximate surface area is 130 Å². The molecular formula is C14H27IO4. The van der Waals surface area contributed by atoms with Crippen molar-refractivity contribution in [2.24, 2.45) is 0 Å². The Morgan fingerprint density at radius 1 is 0.947 bits per heavy atom. The molecule has 114 valence electrons. The van der Waals surface area contributed by atoms with Gasteiger partial charge in [-0.3, -0.25) is 0 Å². The van der Waals surface area contributed by atoms with Gasteiger partial charge in [0.2, 0.25) is 0 Å². The molecule has 0 amide bonds. The molecule has 0 rings (SSSR count). The fourth-order valence-corrected chi connectivity index (χ4v) is 1.94. The van der Waals surface area contributed by atoms with E-state index in [1.54, 1.807) is 0 Å². The number of carbonyl (C=O) groups excluding carboxylic acids is 1. The zero-order valence-electron chi connectivity index (χ0n) is 12.4. The van der Waals surface area contributed by atoms with Crippen LogP contribution in [0.2, 0.25) is 0 Å². The fraction of sp³-hybridized carbons (Fsp3) is 0.929. The molecule has 0 aliphatic rings. The van der Waals surface area contributed by atoms with Gasteiger partial charge in [-0.15, -0.1) is 0 Å². The first kappa shape index (κ1) is 19.1. The SMILES string of the molecule is CC(C)(C)OC(=O)COCCOCCCCCCI. The molecular weight excluding hydrogens is 359 g/mol. The first-order valence-corrected chi connectivity index (χ1v) is 8.41. The van der Waals surface area contributed by atoms with Crippen LogP contribution in [-0.4, -0.2) is 42.4 Å². The Kier molecular flexibility index (Phi) is 12.0. The summed E-state index contributed by atoms with van der Waals surface area (Å²) in [5, 5.41) is 0. The highest BCUT2D eigenvalue weighted by molar-refractivity contribution is 14.1. The highest BCUT2D eigenvalue weighted by Gasteiger charge is 2.15. The molecule has 4 nitrogen and oxygen atoms in total. The molecule has 0 saturated carbocycles. The van der Waals surface area contributed by atoms with Gasteiger partial charge in [0.1, 0.15) is 12.2 Å². The average molecular weight is 386 g/mol. The Balaban J connectivity index is 3.21. The van der Waals surface area contributed by atoms with Crippen molar-refractivity contribution in [3.63, 3.8) is 0 Å². The van der Waals surface area contributed by atoms with Crippen molar-refractivity contribution in [2.75, 3.05) is 30.9 Å². The van der Waals surface area contributed by atoms with Crippen molar-refractivity contribution in [1.82, 2.24) is 0 Å². The minimum atomic E-state index is -0.450. The molecule has 0 saturated heterocycles. The highest BCUT2D eigenvalue weighted by atomic mass is 127. The Morgan fingerprint density at radius 2 is 1.58 bits per heavy atom. The summed E-state index contributed by atoms with van der Waals surface area (Å²) in [5.41, 5.74) is -0.450. The van der Waals surface area contributed by atoms with Crippen molar-refractivity contribution in [1.29, 1.82) is 0 Å². The molecule has 19 heavy (non-hydrogen) atoms. The van der Waals surface area contributed by atoms with Crippen molar-refractivity contribution in [3.05, 3.63) is 0 Å². The van der Waals surface area contributed by atoms with E-state index < -0.39 is 5.60 Å². The van der Waals surface area contributed by atoms with Gasteiger partial charge in [-0.2, -0.15) is 0 Å². The maximum Gasteiger partial charge on any atom is 0.332 e.